The molecule has 0 saturated carbocycles. The molecule has 0 radical (unpaired) electrons. The highest BCUT2D eigenvalue weighted by Crippen LogP contribution is 2.29. The van der Waals surface area contributed by atoms with Crippen molar-refractivity contribution in [2.75, 3.05) is 18.1 Å². The van der Waals surface area contributed by atoms with E-state index in [-0.39, 0.29) is 12.1 Å². The molecule has 2 aliphatic rings. The summed E-state index contributed by atoms with van der Waals surface area (Å²) in [6.45, 7) is 1.54. The molecule has 2 atom stereocenters. The monoisotopic (exact) mass is 265 g/mol. The molecule has 2 N–H and O–H groups in total. The predicted molar refractivity (Wildman–Crippen MR) is 73.2 cm³/mol. The fraction of sp³-hybridized carbons (Fsp3) is 0.462. The first-order valence-electron chi connectivity index (χ1n) is 6.22. The molecule has 0 aromatic heterocycles. The molecule has 0 amide bonds. The Balaban J connectivity index is 1.89. The SMILES string of the molecule is NC1=NCC(C2CCCO2)N1c1cccc(Cl)c1. The van der Waals surface area contributed by atoms with Crippen molar-refractivity contribution in [1.29, 1.82) is 0 Å². The summed E-state index contributed by atoms with van der Waals surface area (Å²) in [7, 11) is 0. The van der Waals surface area contributed by atoms with E-state index < -0.39 is 0 Å². The lowest BCUT2D eigenvalue weighted by molar-refractivity contribution is 0.0947. The highest BCUT2D eigenvalue weighted by Gasteiger charge is 2.36. The van der Waals surface area contributed by atoms with Crippen molar-refractivity contribution in [2.45, 2.75) is 25.0 Å². The van der Waals surface area contributed by atoms with Crippen molar-refractivity contribution >= 4 is 23.2 Å². The Morgan fingerprint density at radius 1 is 1.44 bits per heavy atom. The molecule has 2 heterocycles. The highest BCUT2D eigenvalue weighted by atomic mass is 35.5. The Labute approximate surface area is 111 Å². The van der Waals surface area contributed by atoms with Gasteiger partial charge in [0.2, 0.25) is 0 Å². The van der Waals surface area contributed by atoms with Gasteiger partial charge >= 0.3 is 0 Å². The van der Waals surface area contributed by atoms with E-state index in [0.717, 1.165) is 25.1 Å². The standard InChI is InChI=1S/C13H16ClN3O/c14-9-3-1-4-10(7-9)17-11(8-16-13(17)15)12-5-2-6-18-12/h1,3-4,7,11-12H,2,5-6,8H2,(H2,15,16). The molecule has 0 bridgehead atoms. The maximum Gasteiger partial charge on any atom is 0.196 e. The Morgan fingerprint density at radius 3 is 3.06 bits per heavy atom. The minimum absolute atomic E-state index is 0.200. The van der Waals surface area contributed by atoms with Gasteiger partial charge in [-0.2, -0.15) is 0 Å². The molecule has 96 valence electrons. The van der Waals surface area contributed by atoms with E-state index in [0.29, 0.717) is 17.5 Å². The summed E-state index contributed by atoms with van der Waals surface area (Å²) >= 11 is 6.04. The third-order valence-corrected chi connectivity index (χ3v) is 3.73. The summed E-state index contributed by atoms with van der Waals surface area (Å²) < 4.78 is 5.76. The van der Waals surface area contributed by atoms with Crippen molar-refractivity contribution in [3.05, 3.63) is 29.3 Å². The molecule has 18 heavy (non-hydrogen) atoms. The number of rotatable bonds is 2. The maximum absolute atomic E-state index is 6.04. The lowest BCUT2D eigenvalue weighted by atomic mass is 10.1. The molecule has 1 aromatic carbocycles. The molecular formula is C13H16ClN3O. The Bertz CT molecular complexity index is 471. The molecule has 1 fully saturated rings. The van der Waals surface area contributed by atoms with Crippen LogP contribution in [0, 0.1) is 0 Å². The summed E-state index contributed by atoms with van der Waals surface area (Å²) in [4.78, 5) is 6.39. The zero-order valence-corrected chi connectivity index (χ0v) is 10.8. The summed E-state index contributed by atoms with van der Waals surface area (Å²) in [5.74, 6) is 0.553. The third kappa shape index (κ3) is 2.06. The van der Waals surface area contributed by atoms with E-state index in [9.17, 15) is 0 Å². The van der Waals surface area contributed by atoms with Gasteiger partial charge in [-0.3, -0.25) is 4.99 Å². The Morgan fingerprint density at radius 2 is 2.33 bits per heavy atom. The van der Waals surface area contributed by atoms with Crippen LogP contribution in [0.1, 0.15) is 12.8 Å². The second-order valence-electron chi connectivity index (χ2n) is 4.67. The van der Waals surface area contributed by atoms with Crippen LogP contribution < -0.4 is 10.6 Å². The van der Waals surface area contributed by atoms with E-state index in [2.05, 4.69) is 4.99 Å². The van der Waals surface area contributed by atoms with Gasteiger partial charge in [0.05, 0.1) is 18.7 Å². The summed E-state index contributed by atoms with van der Waals surface area (Å²) in [5.41, 5.74) is 6.98. The number of anilines is 1. The molecule has 2 unspecified atom stereocenters. The van der Waals surface area contributed by atoms with Crippen molar-refractivity contribution < 1.29 is 4.74 Å². The number of hydrogen-bond donors (Lipinski definition) is 1. The van der Waals surface area contributed by atoms with Crippen LogP contribution in [0.2, 0.25) is 5.02 Å². The van der Waals surface area contributed by atoms with Gasteiger partial charge in [0.25, 0.3) is 0 Å². The molecule has 1 aromatic rings. The molecule has 0 spiro atoms. The second kappa shape index (κ2) is 4.78. The van der Waals surface area contributed by atoms with E-state index in [4.69, 9.17) is 22.1 Å². The van der Waals surface area contributed by atoms with Gasteiger partial charge in [0, 0.05) is 17.3 Å². The predicted octanol–water partition coefficient (Wildman–Crippen LogP) is 2.02. The van der Waals surface area contributed by atoms with Gasteiger partial charge in [0.15, 0.2) is 5.96 Å². The molecule has 1 saturated heterocycles. The molecule has 0 aliphatic carbocycles. The number of nitrogens with zero attached hydrogens (tertiary/aromatic N) is 2. The van der Waals surface area contributed by atoms with Gasteiger partial charge in [0.1, 0.15) is 0 Å². The van der Waals surface area contributed by atoms with Crippen LogP contribution >= 0.6 is 11.6 Å². The number of halogens is 1. The van der Waals surface area contributed by atoms with Crippen molar-refractivity contribution in [2.24, 2.45) is 10.7 Å². The van der Waals surface area contributed by atoms with Crippen molar-refractivity contribution in [3.63, 3.8) is 0 Å². The third-order valence-electron chi connectivity index (χ3n) is 3.50. The van der Waals surface area contributed by atoms with Crippen LogP contribution in [0.15, 0.2) is 29.3 Å². The fourth-order valence-electron chi connectivity index (χ4n) is 2.65. The van der Waals surface area contributed by atoms with Gasteiger partial charge in [-0.25, -0.2) is 0 Å². The number of guanidine groups is 1. The van der Waals surface area contributed by atoms with Crippen LogP contribution in [-0.4, -0.2) is 31.3 Å². The van der Waals surface area contributed by atoms with Crippen LogP contribution in [0.5, 0.6) is 0 Å². The average molecular weight is 266 g/mol. The summed E-state index contributed by atoms with van der Waals surface area (Å²) in [5, 5.41) is 0.707. The van der Waals surface area contributed by atoms with Crippen LogP contribution in [0.25, 0.3) is 0 Å². The molecule has 2 aliphatic heterocycles. The smallest absolute Gasteiger partial charge is 0.196 e. The average Bonchev–Trinajstić information content (AvgIpc) is 2.97. The molecule has 3 rings (SSSR count). The number of aliphatic imine (C=N–C) groups is 1. The summed E-state index contributed by atoms with van der Waals surface area (Å²) in [6, 6.07) is 7.90. The minimum Gasteiger partial charge on any atom is -0.376 e. The first-order valence-corrected chi connectivity index (χ1v) is 6.60. The first-order chi connectivity index (χ1) is 8.75. The maximum atomic E-state index is 6.04. The van der Waals surface area contributed by atoms with Crippen LogP contribution in [-0.2, 0) is 4.74 Å². The van der Waals surface area contributed by atoms with E-state index in [1.54, 1.807) is 0 Å². The van der Waals surface area contributed by atoms with Gasteiger partial charge in [-0.1, -0.05) is 17.7 Å². The minimum atomic E-state index is 0.200. The number of ether oxygens (including phenoxy) is 1. The number of hydrogen-bond acceptors (Lipinski definition) is 4. The lowest BCUT2D eigenvalue weighted by Crippen LogP contribution is -2.47. The normalized spacial score (nSPS) is 27.6. The molecule has 5 heteroatoms. The van der Waals surface area contributed by atoms with Gasteiger partial charge < -0.3 is 15.4 Å². The van der Waals surface area contributed by atoms with Crippen LogP contribution in [0.3, 0.4) is 0 Å². The Hall–Kier alpha value is -1.26. The highest BCUT2D eigenvalue weighted by molar-refractivity contribution is 6.30. The first kappa shape index (κ1) is 11.8. The zero-order valence-electron chi connectivity index (χ0n) is 10.1. The van der Waals surface area contributed by atoms with Crippen molar-refractivity contribution in [3.8, 4) is 0 Å². The second-order valence-corrected chi connectivity index (χ2v) is 5.10. The van der Waals surface area contributed by atoms with Gasteiger partial charge in [-0.05, 0) is 31.0 Å². The zero-order chi connectivity index (χ0) is 12.5. The Kier molecular flexibility index (Phi) is 3.14. The summed E-state index contributed by atoms with van der Waals surface area (Å²) in [6.07, 6.45) is 2.41. The van der Waals surface area contributed by atoms with Gasteiger partial charge in [-0.15, -0.1) is 0 Å². The largest absolute Gasteiger partial charge is 0.376 e. The molecule has 4 nitrogen and oxygen atoms in total. The van der Waals surface area contributed by atoms with E-state index in [1.165, 1.54) is 0 Å². The lowest BCUT2D eigenvalue weighted by Gasteiger charge is -2.30. The van der Waals surface area contributed by atoms with Crippen LogP contribution in [0.4, 0.5) is 5.69 Å². The van der Waals surface area contributed by atoms with E-state index >= 15 is 0 Å². The number of benzene rings is 1. The fourth-order valence-corrected chi connectivity index (χ4v) is 2.84. The van der Waals surface area contributed by atoms with Crippen molar-refractivity contribution in [1.82, 2.24) is 0 Å². The topological polar surface area (TPSA) is 50.9 Å². The van der Waals surface area contributed by atoms with E-state index in [1.807, 2.05) is 29.2 Å². The quantitative estimate of drug-likeness (QED) is 0.890. The molecular weight excluding hydrogens is 250 g/mol. The number of nitrogens with two attached hydrogens (primary N) is 1.